The number of carbonyl (C=O) groups excluding carboxylic acids is 2. The molecule has 0 N–H and O–H groups in total. The largest absolute Gasteiger partial charge is 0.493 e. The van der Waals surface area contributed by atoms with Crippen LogP contribution in [0.4, 0.5) is 0 Å². The van der Waals surface area contributed by atoms with Crippen LogP contribution < -0.4 is 9.47 Å². The van der Waals surface area contributed by atoms with Gasteiger partial charge in [-0.05, 0) is 80.8 Å². The van der Waals surface area contributed by atoms with E-state index >= 15 is 0 Å². The third-order valence-electron chi connectivity index (χ3n) is 7.57. The topological polar surface area (TPSA) is 66.8 Å². The molecule has 0 amide bonds. The number of aromatic nitrogens is 1. The zero-order valence-electron chi connectivity index (χ0n) is 25.4. The molecule has 5 rings (SSSR count). The number of nitrogens with zero attached hydrogens (tertiary/aromatic N) is 1. The number of aryl methyl sites for hydroxylation is 2. The van der Waals surface area contributed by atoms with E-state index in [0.717, 1.165) is 53.2 Å². The van der Waals surface area contributed by atoms with Crippen LogP contribution in [0.25, 0.3) is 21.7 Å². The second-order valence-corrected chi connectivity index (χ2v) is 11.2. The Morgan fingerprint density at radius 2 is 1.65 bits per heavy atom. The maximum Gasteiger partial charge on any atom is 0.349 e. The summed E-state index contributed by atoms with van der Waals surface area (Å²) >= 11 is 0. The molecule has 43 heavy (non-hydrogen) atoms. The van der Waals surface area contributed by atoms with Gasteiger partial charge in [-0.1, -0.05) is 61.9 Å². The van der Waals surface area contributed by atoms with Gasteiger partial charge in [0.1, 0.15) is 11.5 Å². The van der Waals surface area contributed by atoms with E-state index in [0.29, 0.717) is 30.1 Å². The van der Waals surface area contributed by atoms with Gasteiger partial charge in [0.15, 0.2) is 11.4 Å². The van der Waals surface area contributed by atoms with Crippen molar-refractivity contribution in [2.45, 2.75) is 59.1 Å². The normalized spacial score (nSPS) is 11.5. The highest BCUT2D eigenvalue weighted by molar-refractivity contribution is 6.10. The second-order valence-electron chi connectivity index (χ2n) is 11.2. The fourth-order valence-corrected chi connectivity index (χ4v) is 5.41. The van der Waals surface area contributed by atoms with E-state index in [1.165, 1.54) is 5.56 Å². The Balaban J connectivity index is 1.24. The zero-order valence-corrected chi connectivity index (χ0v) is 25.4. The highest BCUT2D eigenvalue weighted by Crippen LogP contribution is 2.31. The van der Waals surface area contributed by atoms with Crippen LogP contribution in [0.3, 0.4) is 0 Å². The molecular weight excluding hydrogens is 538 g/mol. The van der Waals surface area contributed by atoms with E-state index in [1.54, 1.807) is 20.8 Å². The fourth-order valence-electron chi connectivity index (χ4n) is 5.41. The van der Waals surface area contributed by atoms with E-state index in [1.807, 2.05) is 72.8 Å². The lowest BCUT2D eigenvalue weighted by Gasteiger charge is -2.24. The number of fused-ring (bicyclic) bond motifs is 2. The van der Waals surface area contributed by atoms with Gasteiger partial charge in [-0.25, -0.2) is 4.79 Å². The molecule has 0 bridgehead atoms. The van der Waals surface area contributed by atoms with Crippen LogP contribution in [0.1, 0.15) is 62.0 Å². The second kappa shape index (κ2) is 13.2. The van der Waals surface area contributed by atoms with Crippen LogP contribution in [-0.4, -0.2) is 35.1 Å². The number of ether oxygens (including phenoxy) is 3. The molecule has 0 saturated heterocycles. The summed E-state index contributed by atoms with van der Waals surface area (Å²) < 4.78 is 19.6. The van der Waals surface area contributed by atoms with E-state index in [4.69, 9.17) is 14.2 Å². The monoisotopic (exact) mass is 577 g/mol. The standard InChI is InChI=1S/C37H39NO5/c1-5-11-32-31-17-14-29(35(39)26-12-8-7-9-13-26)24-27(31)15-19-34(32)42-23-10-21-38-22-20-28-25-30(16-18-33(28)38)43-37(3,4)36(40)41-6-2/h7-9,12-20,22,24-25H,5-6,10-11,21,23H2,1-4H3. The smallest absolute Gasteiger partial charge is 0.349 e. The molecule has 0 aliphatic carbocycles. The summed E-state index contributed by atoms with van der Waals surface area (Å²) in [4.78, 5) is 25.2. The van der Waals surface area contributed by atoms with Gasteiger partial charge in [-0.3, -0.25) is 4.79 Å². The minimum Gasteiger partial charge on any atom is -0.493 e. The maximum atomic E-state index is 13.0. The summed E-state index contributed by atoms with van der Waals surface area (Å²) in [6, 6.07) is 27.4. The average Bonchev–Trinajstić information content (AvgIpc) is 3.41. The van der Waals surface area contributed by atoms with E-state index in [-0.39, 0.29) is 11.8 Å². The molecule has 5 aromatic rings. The lowest BCUT2D eigenvalue weighted by atomic mass is 9.95. The van der Waals surface area contributed by atoms with Crippen molar-refractivity contribution in [3.05, 3.63) is 108 Å². The molecule has 0 spiro atoms. The lowest BCUT2D eigenvalue weighted by molar-refractivity contribution is -0.158. The summed E-state index contributed by atoms with van der Waals surface area (Å²) in [5.41, 5.74) is 2.60. The van der Waals surface area contributed by atoms with Crippen LogP contribution in [-0.2, 0) is 22.5 Å². The fraction of sp³-hybridized carbons (Fsp3) is 0.297. The molecule has 1 heterocycles. The van der Waals surface area contributed by atoms with E-state index < -0.39 is 5.60 Å². The van der Waals surface area contributed by atoms with E-state index in [9.17, 15) is 9.59 Å². The SMILES string of the molecule is CCCc1c(OCCCn2ccc3cc(OC(C)(C)C(=O)OCC)ccc32)ccc2cc(C(=O)c3ccccc3)ccc12. The van der Waals surface area contributed by atoms with Gasteiger partial charge in [-0.2, -0.15) is 0 Å². The predicted octanol–water partition coefficient (Wildman–Crippen LogP) is 8.17. The van der Waals surface area contributed by atoms with Crippen molar-refractivity contribution in [1.29, 1.82) is 0 Å². The van der Waals surface area contributed by atoms with Crippen LogP contribution in [0.15, 0.2) is 91.1 Å². The Kier molecular flexibility index (Phi) is 9.15. The highest BCUT2D eigenvalue weighted by atomic mass is 16.6. The molecule has 1 aromatic heterocycles. The molecule has 0 unspecified atom stereocenters. The first-order valence-corrected chi connectivity index (χ1v) is 15.0. The molecule has 6 nitrogen and oxygen atoms in total. The van der Waals surface area contributed by atoms with Crippen LogP contribution in [0.5, 0.6) is 11.5 Å². The molecule has 0 saturated carbocycles. The Morgan fingerprint density at radius 1 is 0.837 bits per heavy atom. The number of esters is 1. The van der Waals surface area contributed by atoms with Crippen molar-refractivity contribution in [3.8, 4) is 11.5 Å². The molecule has 0 aliphatic rings. The molecule has 0 aliphatic heterocycles. The van der Waals surface area contributed by atoms with Crippen LogP contribution >= 0.6 is 0 Å². The third-order valence-corrected chi connectivity index (χ3v) is 7.57. The number of rotatable bonds is 13. The first-order chi connectivity index (χ1) is 20.8. The van der Waals surface area contributed by atoms with Crippen molar-refractivity contribution < 1.29 is 23.8 Å². The van der Waals surface area contributed by atoms with Gasteiger partial charge in [0, 0.05) is 40.3 Å². The summed E-state index contributed by atoms with van der Waals surface area (Å²) in [5.74, 6) is 1.17. The molecular formula is C37H39NO5. The summed E-state index contributed by atoms with van der Waals surface area (Å²) in [6.45, 7) is 9.09. The predicted molar refractivity (Wildman–Crippen MR) is 171 cm³/mol. The molecule has 0 atom stereocenters. The third kappa shape index (κ3) is 6.75. The summed E-state index contributed by atoms with van der Waals surface area (Å²) in [6.07, 6.45) is 4.81. The molecule has 0 radical (unpaired) electrons. The average molecular weight is 578 g/mol. The van der Waals surface area contributed by atoms with Crippen molar-refractivity contribution in [3.63, 3.8) is 0 Å². The summed E-state index contributed by atoms with van der Waals surface area (Å²) in [5, 5.41) is 3.22. The molecule has 6 heteroatoms. The summed E-state index contributed by atoms with van der Waals surface area (Å²) in [7, 11) is 0. The quantitative estimate of drug-likeness (QED) is 0.0802. The van der Waals surface area contributed by atoms with Crippen LogP contribution in [0.2, 0.25) is 0 Å². The minimum atomic E-state index is -1.06. The van der Waals surface area contributed by atoms with Gasteiger partial charge in [0.2, 0.25) is 0 Å². The highest BCUT2D eigenvalue weighted by Gasteiger charge is 2.31. The first kappa shape index (κ1) is 29.9. The minimum absolute atomic E-state index is 0.0293. The molecule has 0 fully saturated rings. The van der Waals surface area contributed by atoms with Gasteiger partial charge >= 0.3 is 5.97 Å². The van der Waals surface area contributed by atoms with E-state index in [2.05, 4.69) is 29.8 Å². The first-order valence-electron chi connectivity index (χ1n) is 15.0. The van der Waals surface area contributed by atoms with Crippen molar-refractivity contribution in [2.75, 3.05) is 13.2 Å². The Bertz CT molecular complexity index is 1730. The number of hydrogen-bond acceptors (Lipinski definition) is 5. The number of hydrogen-bond donors (Lipinski definition) is 0. The number of ketones is 1. The Hall–Kier alpha value is -4.58. The van der Waals surface area contributed by atoms with Crippen molar-refractivity contribution in [1.82, 2.24) is 4.57 Å². The van der Waals surface area contributed by atoms with Crippen molar-refractivity contribution >= 4 is 33.4 Å². The van der Waals surface area contributed by atoms with Crippen molar-refractivity contribution in [2.24, 2.45) is 0 Å². The molecule has 222 valence electrons. The Labute approximate surface area is 253 Å². The van der Waals surface area contributed by atoms with Gasteiger partial charge < -0.3 is 18.8 Å². The lowest BCUT2D eigenvalue weighted by Crippen LogP contribution is -2.39. The molecule has 4 aromatic carbocycles. The van der Waals surface area contributed by atoms with Crippen LogP contribution in [0, 0.1) is 0 Å². The Morgan fingerprint density at radius 3 is 2.42 bits per heavy atom. The van der Waals surface area contributed by atoms with Gasteiger partial charge in [-0.15, -0.1) is 0 Å². The number of benzene rings is 4. The number of carbonyl (C=O) groups is 2. The zero-order chi connectivity index (χ0) is 30.4. The van der Waals surface area contributed by atoms with Gasteiger partial charge in [0.25, 0.3) is 0 Å². The van der Waals surface area contributed by atoms with Gasteiger partial charge in [0.05, 0.1) is 13.2 Å². The maximum absolute atomic E-state index is 13.0.